The van der Waals surface area contributed by atoms with E-state index in [0.29, 0.717) is 36.6 Å². The normalized spacial score (nSPS) is 11.3. The van der Waals surface area contributed by atoms with E-state index in [1.807, 2.05) is 6.92 Å². The molecular formula is C22H32FN5O4. The number of amides is 2. The number of hydrogen-bond donors (Lipinski definition) is 3. The fraction of sp³-hybridized carbons (Fsp3) is 0.545. The van der Waals surface area contributed by atoms with Crippen molar-refractivity contribution in [1.29, 1.82) is 0 Å². The minimum absolute atomic E-state index is 0.0801. The molecular weight excluding hydrogens is 417 g/mol. The van der Waals surface area contributed by atoms with Crippen molar-refractivity contribution in [3.05, 3.63) is 35.7 Å². The minimum atomic E-state index is -0.800. The monoisotopic (exact) mass is 449 g/mol. The van der Waals surface area contributed by atoms with Crippen molar-refractivity contribution in [2.24, 2.45) is 0 Å². The molecule has 1 aromatic carbocycles. The van der Waals surface area contributed by atoms with E-state index >= 15 is 0 Å². The number of nitrogens with one attached hydrogen (secondary N) is 2. The largest absolute Gasteiger partial charge is 0.491 e. The topological polar surface area (TPSA) is 118 Å². The van der Waals surface area contributed by atoms with Gasteiger partial charge in [0.25, 0.3) is 11.8 Å². The molecule has 32 heavy (non-hydrogen) atoms. The summed E-state index contributed by atoms with van der Waals surface area (Å²) in [7, 11) is 0. The second kappa shape index (κ2) is 12.1. The summed E-state index contributed by atoms with van der Waals surface area (Å²) in [5, 5.41) is 22.7. The van der Waals surface area contributed by atoms with E-state index in [1.54, 1.807) is 32.0 Å². The van der Waals surface area contributed by atoms with Crippen molar-refractivity contribution < 1.29 is 23.8 Å². The molecule has 9 nitrogen and oxygen atoms in total. The minimum Gasteiger partial charge on any atom is -0.491 e. The number of hydrogen-bond acceptors (Lipinski definition) is 6. The lowest BCUT2D eigenvalue weighted by Gasteiger charge is -2.22. The lowest BCUT2D eigenvalue weighted by molar-refractivity contribution is 0.0863. The van der Waals surface area contributed by atoms with E-state index in [1.165, 1.54) is 10.9 Å². The predicted octanol–water partition coefficient (Wildman–Crippen LogP) is 2.43. The van der Waals surface area contributed by atoms with Gasteiger partial charge < -0.3 is 20.5 Å². The Morgan fingerprint density at radius 3 is 2.62 bits per heavy atom. The highest BCUT2D eigenvalue weighted by Crippen LogP contribution is 2.25. The molecule has 0 atom stereocenters. The highest BCUT2D eigenvalue weighted by Gasteiger charge is 2.22. The maximum atomic E-state index is 12.4. The maximum Gasteiger partial charge on any atom is 0.273 e. The third kappa shape index (κ3) is 7.30. The first-order valence-electron chi connectivity index (χ1n) is 10.8. The van der Waals surface area contributed by atoms with Gasteiger partial charge in [-0.3, -0.25) is 14.0 Å². The lowest BCUT2D eigenvalue weighted by Crippen LogP contribution is -2.46. The number of carbonyl (C=O) groups is 2. The second-order valence-corrected chi connectivity index (χ2v) is 8.04. The van der Waals surface area contributed by atoms with Crippen molar-refractivity contribution >= 4 is 11.8 Å². The number of rotatable bonds is 13. The molecule has 2 aromatic rings. The summed E-state index contributed by atoms with van der Waals surface area (Å²) >= 11 is 0. The van der Waals surface area contributed by atoms with E-state index in [-0.39, 0.29) is 24.9 Å². The molecule has 0 spiro atoms. The number of unbranched alkanes of at least 4 members (excludes halogenated alkanes) is 3. The van der Waals surface area contributed by atoms with Crippen molar-refractivity contribution in [3.8, 4) is 11.4 Å². The smallest absolute Gasteiger partial charge is 0.273 e. The van der Waals surface area contributed by atoms with Crippen LogP contribution in [0.15, 0.2) is 24.4 Å². The molecule has 1 heterocycles. The zero-order valence-corrected chi connectivity index (χ0v) is 18.9. The van der Waals surface area contributed by atoms with Gasteiger partial charge >= 0.3 is 0 Å². The number of alkyl halides is 1. The maximum absolute atomic E-state index is 12.4. The SMILES string of the molecule is CCNC(=O)c1ccc(-n2cc(C(=O)NC(C)(C)CO)nn2)c(OCCCCCCF)c1. The van der Waals surface area contributed by atoms with Crippen LogP contribution in [0, 0.1) is 0 Å². The fourth-order valence-corrected chi connectivity index (χ4v) is 2.85. The number of nitrogens with zero attached hydrogens (tertiary/aromatic N) is 3. The number of aromatic nitrogens is 3. The molecule has 10 heteroatoms. The van der Waals surface area contributed by atoms with Gasteiger partial charge in [-0.15, -0.1) is 5.10 Å². The van der Waals surface area contributed by atoms with Crippen LogP contribution < -0.4 is 15.4 Å². The van der Waals surface area contributed by atoms with Crippen LogP contribution in [0.3, 0.4) is 0 Å². The van der Waals surface area contributed by atoms with Crippen molar-refractivity contribution in [2.75, 3.05) is 26.4 Å². The number of carbonyl (C=O) groups excluding carboxylic acids is 2. The fourth-order valence-electron chi connectivity index (χ4n) is 2.85. The summed E-state index contributed by atoms with van der Waals surface area (Å²) in [5.74, 6) is -0.270. The summed E-state index contributed by atoms with van der Waals surface area (Å²) < 4.78 is 19.6. The molecule has 176 valence electrons. The van der Waals surface area contributed by atoms with Gasteiger partial charge in [0, 0.05) is 12.1 Å². The predicted molar refractivity (Wildman–Crippen MR) is 118 cm³/mol. The standard InChI is InChI=1S/C22H32FN5O4/c1-4-24-20(30)16-9-10-18(19(13-16)32-12-8-6-5-7-11-23)28-14-17(26-27-28)21(31)25-22(2,3)15-29/h9-10,13-14,29H,4-8,11-12,15H2,1-3H3,(H,24,30)(H,25,31). The van der Waals surface area contributed by atoms with Gasteiger partial charge in [-0.25, -0.2) is 4.68 Å². The Bertz CT molecular complexity index is 900. The lowest BCUT2D eigenvalue weighted by atomic mass is 10.1. The van der Waals surface area contributed by atoms with E-state index in [4.69, 9.17) is 4.74 Å². The molecule has 0 aliphatic rings. The average Bonchev–Trinajstić information content (AvgIpc) is 3.26. The van der Waals surface area contributed by atoms with Crippen LogP contribution in [0.25, 0.3) is 5.69 Å². The molecule has 3 N–H and O–H groups in total. The number of halogens is 1. The summed E-state index contributed by atoms with van der Waals surface area (Å²) in [4.78, 5) is 24.6. The van der Waals surface area contributed by atoms with Crippen LogP contribution in [0.5, 0.6) is 5.75 Å². The Morgan fingerprint density at radius 2 is 1.94 bits per heavy atom. The molecule has 0 bridgehead atoms. The first kappa shape index (κ1) is 25.3. The van der Waals surface area contributed by atoms with E-state index < -0.39 is 11.4 Å². The molecule has 2 amide bonds. The summed E-state index contributed by atoms with van der Waals surface area (Å²) in [6.07, 6.45) is 4.36. The molecule has 2 rings (SSSR count). The Morgan fingerprint density at radius 1 is 1.19 bits per heavy atom. The number of aliphatic hydroxyl groups is 1. The van der Waals surface area contributed by atoms with Crippen molar-refractivity contribution in [2.45, 2.75) is 52.0 Å². The van der Waals surface area contributed by atoms with Gasteiger partial charge in [0.15, 0.2) is 5.69 Å². The number of aliphatic hydroxyl groups excluding tert-OH is 1. The third-order valence-electron chi connectivity index (χ3n) is 4.66. The highest BCUT2D eigenvalue weighted by atomic mass is 19.1. The Hall–Kier alpha value is -3.01. The Kier molecular flexibility index (Phi) is 9.58. The van der Waals surface area contributed by atoms with Crippen LogP contribution in [-0.4, -0.2) is 63.9 Å². The van der Waals surface area contributed by atoms with Gasteiger partial charge in [-0.1, -0.05) is 11.6 Å². The Labute approximate surface area is 187 Å². The molecule has 0 saturated heterocycles. The van der Waals surface area contributed by atoms with E-state index in [2.05, 4.69) is 20.9 Å². The van der Waals surface area contributed by atoms with Crippen molar-refractivity contribution in [1.82, 2.24) is 25.6 Å². The van der Waals surface area contributed by atoms with Crippen LogP contribution in [0.4, 0.5) is 4.39 Å². The zero-order chi connectivity index (χ0) is 23.6. The number of benzene rings is 1. The van der Waals surface area contributed by atoms with Gasteiger partial charge in [-0.2, -0.15) is 0 Å². The first-order valence-corrected chi connectivity index (χ1v) is 10.8. The molecule has 0 radical (unpaired) electrons. The highest BCUT2D eigenvalue weighted by molar-refractivity contribution is 5.95. The molecule has 0 saturated carbocycles. The third-order valence-corrected chi connectivity index (χ3v) is 4.66. The zero-order valence-electron chi connectivity index (χ0n) is 18.9. The van der Waals surface area contributed by atoms with E-state index in [0.717, 1.165) is 19.3 Å². The van der Waals surface area contributed by atoms with Gasteiger partial charge in [-0.05, 0) is 58.2 Å². The first-order chi connectivity index (χ1) is 15.3. The van der Waals surface area contributed by atoms with E-state index in [9.17, 15) is 19.1 Å². The summed E-state index contributed by atoms with van der Waals surface area (Å²) in [6.45, 7) is 5.56. The molecule has 0 aliphatic heterocycles. The average molecular weight is 450 g/mol. The quantitative estimate of drug-likeness (QED) is 0.404. The second-order valence-electron chi connectivity index (χ2n) is 8.04. The summed E-state index contributed by atoms with van der Waals surface area (Å²) in [5.41, 5.74) is 0.239. The van der Waals surface area contributed by atoms with Gasteiger partial charge in [0.05, 0.1) is 31.6 Å². The van der Waals surface area contributed by atoms with Crippen LogP contribution in [0.1, 0.15) is 67.3 Å². The van der Waals surface area contributed by atoms with Gasteiger partial charge in [0.2, 0.25) is 0 Å². The van der Waals surface area contributed by atoms with Crippen molar-refractivity contribution in [3.63, 3.8) is 0 Å². The van der Waals surface area contributed by atoms with Gasteiger partial charge in [0.1, 0.15) is 11.4 Å². The molecule has 0 aliphatic carbocycles. The van der Waals surface area contributed by atoms with Crippen LogP contribution >= 0.6 is 0 Å². The van der Waals surface area contributed by atoms with Crippen LogP contribution in [0.2, 0.25) is 0 Å². The Balaban J connectivity index is 2.22. The number of ether oxygens (including phenoxy) is 1. The molecule has 1 aromatic heterocycles. The molecule has 0 fully saturated rings. The molecule has 0 unspecified atom stereocenters. The van der Waals surface area contributed by atoms with Crippen LogP contribution in [-0.2, 0) is 0 Å². The summed E-state index contributed by atoms with van der Waals surface area (Å²) in [6, 6.07) is 4.94.